The lowest BCUT2D eigenvalue weighted by molar-refractivity contribution is -0.151. The summed E-state index contributed by atoms with van der Waals surface area (Å²) in [7, 11) is 0. The Morgan fingerprint density at radius 1 is 1.11 bits per heavy atom. The van der Waals surface area contributed by atoms with E-state index in [2.05, 4.69) is 5.32 Å². The molecule has 7 nitrogen and oxygen atoms in total. The summed E-state index contributed by atoms with van der Waals surface area (Å²) in [5.74, 6) is -1.52. The van der Waals surface area contributed by atoms with Crippen molar-refractivity contribution in [1.82, 2.24) is 10.2 Å². The highest BCUT2D eigenvalue weighted by atomic mass is 16.6. The van der Waals surface area contributed by atoms with Crippen LogP contribution in [0, 0.1) is 0 Å². The fraction of sp³-hybridized carbons (Fsp3) is 0.550. The summed E-state index contributed by atoms with van der Waals surface area (Å²) in [6.07, 6.45) is -0.123. The molecule has 0 fully saturated rings. The molecule has 27 heavy (non-hydrogen) atoms. The van der Waals surface area contributed by atoms with E-state index in [0.29, 0.717) is 6.42 Å². The summed E-state index contributed by atoms with van der Waals surface area (Å²) in [4.78, 5) is 38.1. The van der Waals surface area contributed by atoms with E-state index in [1.807, 2.05) is 30.3 Å². The lowest BCUT2D eigenvalue weighted by Crippen LogP contribution is -2.53. The van der Waals surface area contributed by atoms with E-state index in [1.54, 1.807) is 34.6 Å². The monoisotopic (exact) mass is 378 g/mol. The first kappa shape index (κ1) is 22.5. The fourth-order valence-corrected chi connectivity index (χ4v) is 2.64. The highest BCUT2D eigenvalue weighted by molar-refractivity contribution is 5.89. The quantitative estimate of drug-likeness (QED) is 0.724. The van der Waals surface area contributed by atoms with Crippen molar-refractivity contribution in [3.8, 4) is 0 Å². The molecule has 2 atom stereocenters. The molecule has 0 heterocycles. The number of nitrogens with zero attached hydrogens (tertiary/aromatic N) is 1. The molecule has 150 valence electrons. The Morgan fingerprint density at radius 2 is 1.70 bits per heavy atom. The molecule has 1 rings (SSSR count). The van der Waals surface area contributed by atoms with Gasteiger partial charge in [0.15, 0.2) is 0 Å². The van der Waals surface area contributed by atoms with Crippen molar-refractivity contribution in [2.45, 2.75) is 71.7 Å². The smallest absolute Gasteiger partial charge is 0.408 e. The molecule has 0 aromatic heterocycles. The van der Waals surface area contributed by atoms with Gasteiger partial charge in [0, 0.05) is 6.54 Å². The second kappa shape index (κ2) is 9.94. The minimum Gasteiger partial charge on any atom is -0.480 e. The second-order valence-electron chi connectivity index (χ2n) is 7.32. The maximum absolute atomic E-state index is 13.1. The molecule has 1 aromatic carbocycles. The van der Waals surface area contributed by atoms with Gasteiger partial charge in [-0.05, 0) is 39.2 Å². The van der Waals surface area contributed by atoms with Gasteiger partial charge in [0.05, 0.1) is 0 Å². The third kappa shape index (κ3) is 7.29. The van der Waals surface area contributed by atoms with Gasteiger partial charge >= 0.3 is 12.1 Å². The summed E-state index contributed by atoms with van der Waals surface area (Å²) in [5.41, 5.74) is 0.125. The lowest BCUT2D eigenvalue weighted by Gasteiger charge is -2.32. The van der Waals surface area contributed by atoms with Crippen LogP contribution in [-0.2, 0) is 20.9 Å². The van der Waals surface area contributed by atoms with E-state index in [1.165, 1.54) is 4.90 Å². The Kier molecular flexibility index (Phi) is 8.28. The molecule has 0 saturated carbocycles. The molecule has 7 heteroatoms. The number of hydrogen-bond acceptors (Lipinski definition) is 4. The largest absolute Gasteiger partial charge is 0.480 e. The van der Waals surface area contributed by atoms with E-state index >= 15 is 0 Å². The summed E-state index contributed by atoms with van der Waals surface area (Å²) in [6.45, 7) is 8.81. The van der Waals surface area contributed by atoms with E-state index < -0.39 is 35.7 Å². The van der Waals surface area contributed by atoms with Gasteiger partial charge in [-0.25, -0.2) is 9.59 Å². The summed E-state index contributed by atoms with van der Waals surface area (Å²) >= 11 is 0. The normalized spacial score (nSPS) is 13.4. The molecule has 0 spiro atoms. The number of aliphatic carboxylic acids is 1. The molecule has 0 bridgehead atoms. The van der Waals surface area contributed by atoms with Crippen LogP contribution in [0.1, 0.15) is 53.0 Å². The van der Waals surface area contributed by atoms with Crippen LogP contribution in [0.25, 0.3) is 0 Å². The molecule has 0 aliphatic heterocycles. The van der Waals surface area contributed by atoms with Crippen LogP contribution in [0.15, 0.2) is 30.3 Å². The van der Waals surface area contributed by atoms with Gasteiger partial charge < -0.3 is 20.1 Å². The number of nitrogens with one attached hydrogen (secondary N) is 1. The number of ether oxygens (including phenoxy) is 1. The van der Waals surface area contributed by atoms with Crippen LogP contribution in [0.2, 0.25) is 0 Å². The maximum atomic E-state index is 13.1. The van der Waals surface area contributed by atoms with Crippen molar-refractivity contribution in [3.05, 3.63) is 35.9 Å². The zero-order chi connectivity index (χ0) is 20.6. The Balaban J connectivity index is 3.04. The van der Waals surface area contributed by atoms with Crippen LogP contribution >= 0.6 is 0 Å². The van der Waals surface area contributed by atoms with Crippen LogP contribution in [0.3, 0.4) is 0 Å². The van der Waals surface area contributed by atoms with Gasteiger partial charge in [-0.1, -0.05) is 44.2 Å². The van der Waals surface area contributed by atoms with Gasteiger partial charge in [-0.3, -0.25) is 4.79 Å². The lowest BCUT2D eigenvalue weighted by atomic mass is 10.1. The molecule has 0 aliphatic carbocycles. The number of amides is 2. The summed E-state index contributed by atoms with van der Waals surface area (Å²) in [5, 5.41) is 12.1. The van der Waals surface area contributed by atoms with Crippen molar-refractivity contribution in [1.29, 1.82) is 0 Å². The van der Waals surface area contributed by atoms with Crippen LogP contribution in [0.5, 0.6) is 0 Å². The third-order valence-corrected chi connectivity index (χ3v) is 3.92. The Labute approximate surface area is 160 Å². The maximum Gasteiger partial charge on any atom is 0.408 e. The summed E-state index contributed by atoms with van der Waals surface area (Å²) in [6, 6.07) is 7.33. The van der Waals surface area contributed by atoms with E-state index in [0.717, 1.165) is 5.56 Å². The highest BCUT2D eigenvalue weighted by Gasteiger charge is 2.33. The number of carbonyl (C=O) groups excluding carboxylic acids is 2. The molecule has 2 N–H and O–H groups in total. The predicted octanol–water partition coefficient (Wildman–Crippen LogP) is 3.18. The Hall–Kier alpha value is -2.57. The molecule has 0 saturated heterocycles. The molecule has 0 aliphatic rings. The van der Waals surface area contributed by atoms with E-state index in [4.69, 9.17) is 4.74 Å². The number of alkyl carbamates (subject to hydrolysis) is 1. The summed E-state index contributed by atoms with van der Waals surface area (Å²) < 4.78 is 5.22. The van der Waals surface area contributed by atoms with Crippen molar-refractivity contribution >= 4 is 18.0 Å². The topological polar surface area (TPSA) is 95.9 Å². The zero-order valence-corrected chi connectivity index (χ0v) is 16.7. The number of rotatable bonds is 8. The number of hydrogen-bond donors (Lipinski definition) is 2. The van der Waals surface area contributed by atoms with Gasteiger partial charge in [0.2, 0.25) is 5.91 Å². The first-order valence-electron chi connectivity index (χ1n) is 9.15. The minimum atomic E-state index is -1.08. The third-order valence-electron chi connectivity index (χ3n) is 3.92. The molecular weight excluding hydrogens is 348 g/mol. The van der Waals surface area contributed by atoms with Gasteiger partial charge in [0.1, 0.15) is 17.7 Å². The van der Waals surface area contributed by atoms with Crippen molar-refractivity contribution in [3.63, 3.8) is 0 Å². The fourth-order valence-electron chi connectivity index (χ4n) is 2.64. The zero-order valence-electron chi connectivity index (χ0n) is 16.7. The minimum absolute atomic E-state index is 0.150. The van der Waals surface area contributed by atoms with Crippen molar-refractivity contribution < 1.29 is 24.2 Å². The second-order valence-corrected chi connectivity index (χ2v) is 7.32. The standard InChI is InChI=1S/C20H30N2O5/c1-6-15(21-19(26)27-20(3,4)5)17(23)22(16(7-2)18(24)25)13-14-11-9-8-10-12-14/h8-12,15-16H,6-7,13H2,1-5H3,(H,21,26)(H,24,25). The molecular formula is C20H30N2O5. The number of benzene rings is 1. The SMILES string of the molecule is CCC(NC(=O)OC(C)(C)C)C(=O)N(Cc1ccccc1)C(CC)C(=O)O. The van der Waals surface area contributed by atoms with Gasteiger partial charge in [0.25, 0.3) is 0 Å². The molecule has 1 aromatic rings. The molecule has 2 amide bonds. The van der Waals surface area contributed by atoms with Crippen molar-refractivity contribution in [2.75, 3.05) is 0 Å². The number of carboxylic acids is 1. The van der Waals surface area contributed by atoms with E-state index in [9.17, 15) is 19.5 Å². The number of carbonyl (C=O) groups is 3. The van der Waals surface area contributed by atoms with Crippen LogP contribution in [-0.4, -0.2) is 45.7 Å². The van der Waals surface area contributed by atoms with E-state index in [-0.39, 0.29) is 13.0 Å². The Morgan fingerprint density at radius 3 is 2.15 bits per heavy atom. The molecule has 0 radical (unpaired) electrons. The molecule has 2 unspecified atom stereocenters. The number of carboxylic acid groups (broad SMARTS) is 1. The first-order valence-corrected chi connectivity index (χ1v) is 9.15. The van der Waals surface area contributed by atoms with Gasteiger partial charge in [-0.15, -0.1) is 0 Å². The van der Waals surface area contributed by atoms with Crippen molar-refractivity contribution in [2.24, 2.45) is 0 Å². The van der Waals surface area contributed by atoms with Crippen LogP contribution in [0.4, 0.5) is 4.79 Å². The van der Waals surface area contributed by atoms with Crippen LogP contribution < -0.4 is 5.32 Å². The van der Waals surface area contributed by atoms with Gasteiger partial charge in [-0.2, -0.15) is 0 Å². The average molecular weight is 378 g/mol. The highest BCUT2D eigenvalue weighted by Crippen LogP contribution is 2.15. The average Bonchev–Trinajstić information content (AvgIpc) is 2.58. The Bertz CT molecular complexity index is 640. The first-order chi connectivity index (χ1) is 12.6. The predicted molar refractivity (Wildman–Crippen MR) is 102 cm³/mol.